The molecule has 0 bridgehead atoms. The lowest BCUT2D eigenvalue weighted by Crippen LogP contribution is -2.10. The molecular weight excluding hydrogens is 851 g/mol. The average molecular weight is 892 g/mol. The first-order chi connectivity index (χ1) is 31.7. The molecule has 0 radical (unpaired) electrons. The third-order valence-electron chi connectivity index (χ3n) is 9.92. The fraction of sp³-hybridized carbons (Fsp3) is 0.0741. The first kappa shape index (κ1) is 44.8. The zero-order valence-corrected chi connectivity index (χ0v) is 37.0. The zero-order valence-electron chi connectivity index (χ0n) is 35.3. The number of hydrogen-bond acceptors (Lipinski definition) is 8. The molecule has 0 amide bonds. The number of carboxylic acids is 2. The van der Waals surface area contributed by atoms with Gasteiger partial charge >= 0.3 is 11.9 Å². The van der Waals surface area contributed by atoms with E-state index in [1.807, 2.05) is 117 Å². The second-order valence-corrected chi connectivity index (χ2v) is 16.4. The molecule has 320 valence electrons. The molecule has 0 unspecified atom stereocenters. The van der Waals surface area contributed by atoms with Crippen molar-refractivity contribution in [1.29, 1.82) is 5.26 Å². The van der Waals surface area contributed by atoms with Crippen molar-refractivity contribution in [2.75, 3.05) is 18.1 Å². The summed E-state index contributed by atoms with van der Waals surface area (Å²) in [5.41, 5.74) is 7.74. The van der Waals surface area contributed by atoms with E-state index in [1.54, 1.807) is 6.07 Å². The quantitative estimate of drug-likeness (QED) is 0.0401. The molecule has 0 saturated heterocycles. The Morgan fingerprint density at radius 1 is 0.615 bits per heavy atom. The molecule has 0 saturated carbocycles. The van der Waals surface area contributed by atoms with E-state index in [9.17, 15) is 25.1 Å². The number of benzene rings is 5. The van der Waals surface area contributed by atoms with Gasteiger partial charge in [0.05, 0.1) is 25.5 Å². The van der Waals surface area contributed by atoms with Gasteiger partial charge in [0.2, 0.25) is 0 Å². The fourth-order valence-electron chi connectivity index (χ4n) is 6.94. The van der Waals surface area contributed by atoms with Gasteiger partial charge in [-0.25, -0.2) is 9.64 Å². The van der Waals surface area contributed by atoms with Gasteiger partial charge < -0.3 is 24.6 Å². The summed E-state index contributed by atoms with van der Waals surface area (Å²) in [6, 6.07) is 51.6. The Morgan fingerprint density at radius 3 is 1.54 bits per heavy atom. The fourth-order valence-corrected chi connectivity index (χ4v) is 8.91. The van der Waals surface area contributed by atoms with Gasteiger partial charge in [0, 0.05) is 36.9 Å². The maximum absolute atomic E-state index is 11.6. The van der Waals surface area contributed by atoms with Gasteiger partial charge in [0.1, 0.15) is 11.6 Å². The van der Waals surface area contributed by atoms with Gasteiger partial charge in [-0.2, -0.15) is 5.26 Å². The maximum Gasteiger partial charge on any atom is 0.346 e. The summed E-state index contributed by atoms with van der Waals surface area (Å²) in [5.74, 6) is -1.25. The van der Waals surface area contributed by atoms with Gasteiger partial charge in [-0.15, -0.1) is 22.7 Å². The molecule has 0 fully saturated rings. The molecule has 7 rings (SSSR count). The van der Waals surface area contributed by atoms with E-state index in [1.165, 1.54) is 34.8 Å². The van der Waals surface area contributed by atoms with Crippen molar-refractivity contribution in [3.05, 3.63) is 216 Å². The second kappa shape index (κ2) is 21.2. The van der Waals surface area contributed by atoms with Gasteiger partial charge in [-0.1, -0.05) is 84.9 Å². The van der Waals surface area contributed by atoms with E-state index in [-0.39, 0.29) is 11.3 Å². The summed E-state index contributed by atoms with van der Waals surface area (Å²) in [4.78, 5) is 31.6. The molecule has 2 heterocycles. The molecule has 0 aliphatic heterocycles. The van der Waals surface area contributed by atoms with Crippen LogP contribution in [0.15, 0.2) is 163 Å². The van der Waals surface area contributed by atoms with Crippen molar-refractivity contribution in [3.8, 4) is 17.6 Å². The number of aliphatic carboxylic acids is 2. The summed E-state index contributed by atoms with van der Waals surface area (Å²) in [6.45, 7) is 12.1. The Balaban J connectivity index is 1.28. The predicted octanol–water partition coefficient (Wildman–Crippen LogP) is 13.6. The lowest BCUT2D eigenvalue weighted by molar-refractivity contribution is -0.133. The van der Waals surface area contributed by atoms with Crippen molar-refractivity contribution in [3.63, 3.8) is 0 Å². The Labute approximate surface area is 385 Å². The largest absolute Gasteiger partial charge is 0.490 e. The standard InChI is InChI=1S/C54H41N3O6S2/c1-4-62-49-27-24-43(33-50(49)63-5-2)57(41-20-16-36(17-21-41)30-46(38-12-8-6-9-13-38)51-28-25-44(64-51)32-40(35-55)53(58)59)42-22-18-37(19-23-42)31-47(39-14-10-7-11-15-39)52-29-26-45(65-52)34-48(56-3)54(60)61/h6-34H,4-5H2,1-2H3,(H,58,59)(H,60,61)/b40-32+,46-30+,47-31+,48-34-. The van der Waals surface area contributed by atoms with Gasteiger partial charge in [0.15, 0.2) is 11.5 Å². The van der Waals surface area contributed by atoms with Crippen LogP contribution in [0.5, 0.6) is 11.5 Å². The molecule has 0 aliphatic rings. The number of thiophene rings is 2. The van der Waals surface area contributed by atoms with Gasteiger partial charge in [0.25, 0.3) is 5.70 Å². The molecule has 5 aromatic carbocycles. The highest BCUT2D eigenvalue weighted by Gasteiger charge is 2.18. The van der Waals surface area contributed by atoms with Crippen LogP contribution >= 0.6 is 22.7 Å². The highest BCUT2D eigenvalue weighted by atomic mass is 32.1. The third-order valence-corrected chi connectivity index (χ3v) is 12.1. The number of hydrogen-bond donors (Lipinski definition) is 2. The van der Waals surface area contributed by atoms with Gasteiger partial charge in [-0.3, -0.25) is 4.79 Å². The lowest BCUT2D eigenvalue weighted by atomic mass is 10.0. The van der Waals surface area contributed by atoms with E-state index >= 15 is 0 Å². The number of ether oxygens (including phenoxy) is 2. The Hall–Kier alpha value is -8.22. The molecule has 0 spiro atoms. The van der Waals surface area contributed by atoms with Crippen molar-refractivity contribution in [1.82, 2.24) is 0 Å². The average Bonchev–Trinajstić information content (AvgIpc) is 4.00. The Kier molecular flexibility index (Phi) is 14.6. The van der Waals surface area contributed by atoms with Crippen molar-refractivity contribution in [2.45, 2.75) is 13.8 Å². The predicted molar refractivity (Wildman–Crippen MR) is 262 cm³/mol. The Morgan fingerprint density at radius 2 is 1.09 bits per heavy atom. The molecule has 0 atom stereocenters. The molecule has 2 aromatic heterocycles. The number of nitrogens with zero attached hydrogens (tertiary/aromatic N) is 3. The SMILES string of the molecule is [C-]#[N+]/C(=C\c1ccc(/C(=C/c2ccc(N(c3ccc(/C=C(\c4ccccc4)c4ccc(/C=C(\C#N)C(=O)O)s4)cc3)c3ccc(OCC)c(OCC)c3)cc2)c2ccccc2)s1)C(=O)O. The van der Waals surface area contributed by atoms with Crippen LogP contribution in [0.25, 0.3) is 40.3 Å². The molecule has 9 nitrogen and oxygen atoms in total. The van der Waals surface area contributed by atoms with Crippen LogP contribution in [0, 0.1) is 17.9 Å². The Bertz CT molecular complexity index is 2850. The minimum Gasteiger partial charge on any atom is -0.490 e. The zero-order chi connectivity index (χ0) is 45.7. The molecule has 2 N–H and O–H groups in total. The third kappa shape index (κ3) is 11.1. The molecule has 65 heavy (non-hydrogen) atoms. The van der Waals surface area contributed by atoms with Crippen LogP contribution in [0.3, 0.4) is 0 Å². The van der Waals surface area contributed by atoms with E-state index in [4.69, 9.17) is 16.0 Å². The van der Waals surface area contributed by atoms with Crippen LogP contribution < -0.4 is 14.4 Å². The molecular formula is C54H41N3O6S2. The van der Waals surface area contributed by atoms with Gasteiger partial charge in [-0.05, 0) is 132 Å². The number of nitriles is 1. The summed E-state index contributed by atoms with van der Waals surface area (Å²) in [7, 11) is 0. The second-order valence-electron chi connectivity index (χ2n) is 14.2. The van der Waals surface area contributed by atoms with E-state index < -0.39 is 11.9 Å². The number of carbonyl (C=O) groups is 2. The number of rotatable bonds is 17. The summed E-state index contributed by atoms with van der Waals surface area (Å²) >= 11 is 2.83. The lowest BCUT2D eigenvalue weighted by Gasteiger charge is -2.26. The highest BCUT2D eigenvalue weighted by Crippen LogP contribution is 2.41. The molecule has 7 aromatic rings. The minimum absolute atomic E-state index is 0.328. The van der Waals surface area contributed by atoms with Crippen molar-refractivity contribution in [2.24, 2.45) is 0 Å². The molecule has 0 aliphatic carbocycles. The summed E-state index contributed by atoms with van der Waals surface area (Å²) in [5, 5.41) is 28.2. The monoisotopic (exact) mass is 891 g/mol. The first-order valence-electron chi connectivity index (χ1n) is 20.5. The van der Waals surface area contributed by atoms with E-state index in [2.05, 4.69) is 70.4 Å². The normalized spacial score (nSPS) is 11.9. The first-order valence-corrected chi connectivity index (χ1v) is 22.1. The van der Waals surface area contributed by atoms with E-state index in [0.717, 1.165) is 60.2 Å². The van der Waals surface area contributed by atoms with Crippen molar-refractivity contribution < 1.29 is 29.3 Å². The van der Waals surface area contributed by atoms with Crippen LogP contribution in [-0.2, 0) is 9.59 Å². The van der Waals surface area contributed by atoms with Crippen LogP contribution in [0.4, 0.5) is 17.1 Å². The van der Waals surface area contributed by atoms with Crippen LogP contribution in [-0.4, -0.2) is 35.4 Å². The summed E-state index contributed by atoms with van der Waals surface area (Å²) in [6.07, 6.45) is 6.99. The van der Waals surface area contributed by atoms with E-state index in [0.29, 0.717) is 34.5 Å². The number of anilines is 3. The smallest absolute Gasteiger partial charge is 0.346 e. The summed E-state index contributed by atoms with van der Waals surface area (Å²) < 4.78 is 12.0. The highest BCUT2D eigenvalue weighted by molar-refractivity contribution is 7.14. The molecule has 11 heteroatoms. The maximum atomic E-state index is 11.6. The topological polar surface area (TPSA) is 124 Å². The van der Waals surface area contributed by atoms with Crippen molar-refractivity contribution >= 4 is 87.1 Å². The van der Waals surface area contributed by atoms with Crippen LogP contribution in [0.2, 0.25) is 0 Å². The number of carboxylic acid groups (broad SMARTS) is 2. The minimum atomic E-state index is -1.27. The van der Waals surface area contributed by atoms with Crippen LogP contribution in [0.1, 0.15) is 55.6 Å².